The monoisotopic (exact) mass is 477 g/mol. The van der Waals surface area contributed by atoms with E-state index < -0.39 is 0 Å². The van der Waals surface area contributed by atoms with E-state index in [2.05, 4.69) is 15.9 Å². The van der Waals surface area contributed by atoms with Crippen molar-refractivity contribution in [1.82, 2.24) is 0 Å². The number of hydrogen-bond donors (Lipinski definition) is 0. The van der Waals surface area contributed by atoms with E-state index in [0.29, 0.717) is 36.8 Å². The van der Waals surface area contributed by atoms with Gasteiger partial charge >= 0.3 is 0 Å². The number of halogens is 1. The van der Waals surface area contributed by atoms with Crippen LogP contribution in [0.3, 0.4) is 0 Å². The van der Waals surface area contributed by atoms with Crippen molar-refractivity contribution in [2.75, 3.05) is 18.1 Å². The number of likely N-dealkylation sites (N-methyl/N-ethyl adjacent to an activating group) is 1. The van der Waals surface area contributed by atoms with Gasteiger partial charge < -0.3 is 14.4 Å². The molecular formula is C26H24BrNO3. The zero-order valence-electron chi connectivity index (χ0n) is 17.6. The molecule has 158 valence electrons. The van der Waals surface area contributed by atoms with Crippen LogP contribution in [0.15, 0.2) is 71.2 Å². The average Bonchev–Trinajstić information content (AvgIpc) is 3.05. The molecule has 0 saturated carbocycles. The SMILES string of the molecule is CCOc1cc(/C=C2\C(=O)N(CC)c3ccccc32)cc(Br)c1OCc1ccccc1. The number of amides is 1. The van der Waals surface area contributed by atoms with E-state index in [9.17, 15) is 4.79 Å². The first-order valence-corrected chi connectivity index (χ1v) is 11.2. The minimum Gasteiger partial charge on any atom is -0.490 e. The summed E-state index contributed by atoms with van der Waals surface area (Å²) in [5, 5.41) is 0. The molecule has 1 aliphatic heterocycles. The summed E-state index contributed by atoms with van der Waals surface area (Å²) >= 11 is 3.63. The Balaban J connectivity index is 1.69. The van der Waals surface area contributed by atoms with Crippen LogP contribution < -0.4 is 14.4 Å². The molecule has 3 aromatic carbocycles. The van der Waals surface area contributed by atoms with Crippen molar-refractivity contribution < 1.29 is 14.3 Å². The molecule has 4 rings (SSSR count). The van der Waals surface area contributed by atoms with Gasteiger partial charge in [-0.15, -0.1) is 0 Å². The summed E-state index contributed by atoms with van der Waals surface area (Å²) in [7, 11) is 0. The summed E-state index contributed by atoms with van der Waals surface area (Å²) in [5.41, 5.74) is 4.54. The van der Waals surface area contributed by atoms with Crippen LogP contribution in [-0.2, 0) is 11.4 Å². The summed E-state index contributed by atoms with van der Waals surface area (Å²) in [6, 6.07) is 21.8. The first kappa shape index (κ1) is 21.2. The van der Waals surface area contributed by atoms with Crippen molar-refractivity contribution in [2.45, 2.75) is 20.5 Å². The van der Waals surface area contributed by atoms with Crippen molar-refractivity contribution in [1.29, 1.82) is 0 Å². The van der Waals surface area contributed by atoms with E-state index in [-0.39, 0.29) is 5.91 Å². The van der Waals surface area contributed by atoms with Crippen molar-refractivity contribution in [2.24, 2.45) is 0 Å². The average molecular weight is 478 g/mol. The molecule has 0 aromatic heterocycles. The number of fused-ring (bicyclic) bond motifs is 1. The molecule has 0 unspecified atom stereocenters. The van der Waals surface area contributed by atoms with Gasteiger partial charge in [-0.25, -0.2) is 0 Å². The Bertz CT molecular complexity index is 1120. The van der Waals surface area contributed by atoms with E-state index in [1.165, 1.54) is 0 Å². The predicted octanol–water partition coefficient (Wildman–Crippen LogP) is 6.33. The van der Waals surface area contributed by atoms with E-state index in [1.807, 2.05) is 86.7 Å². The lowest BCUT2D eigenvalue weighted by molar-refractivity contribution is -0.112. The quantitative estimate of drug-likeness (QED) is 0.373. The van der Waals surface area contributed by atoms with Crippen LogP contribution in [0.1, 0.15) is 30.5 Å². The number of rotatable bonds is 7. The predicted molar refractivity (Wildman–Crippen MR) is 128 cm³/mol. The fourth-order valence-corrected chi connectivity index (χ4v) is 4.31. The largest absolute Gasteiger partial charge is 0.490 e. The lowest BCUT2D eigenvalue weighted by Gasteiger charge is -2.15. The number of carbonyl (C=O) groups is 1. The van der Waals surface area contributed by atoms with E-state index in [0.717, 1.165) is 26.9 Å². The molecule has 1 heterocycles. The van der Waals surface area contributed by atoms with Crippen molar-refractivity contribution in [3.8, 4) is 11.5 Å². The van der Waals surface area contributed by atoms with Crippen LogP contribution in [0.5, 0.6) is 11.5 Å². The Hall–Kier alpha value is -3.05. The van der Waals surface area contributed by atoms with Crippen molar-refractivity contribution in [3.05, 3.63) is 87.9 Å². The molecule has 0 radical (unpaired) electrons. The first-order valence-electron chi connectivity index (χ1n) is 10.4. The van der Waals surface area contributed by atoms with Crippen LogP contribution in [0, 0.1) is 0 Å². The third-order valence-corrected chi connectivity index (χ3v) is 5.73. The number of para-hydroxylation sites is 1. The second-order valence-electron chi connectivity index (χ2n) is 7.16. The Morgan fingerprint density at radius 1 is 0.968 bits per heavy atom. The summed E-state index contributed by atoms with van der Waals surface area (Å²) < 4.78 is 12.7. The molecule has 4 nitrogen and oxygen atoms in total. The van der Waals surface area contributed by atoms with Crippen LogP contribution >= 0.6 is 15.9 Å². The van der Waals surface area contributed by atoms with Crippen molar-refractivity contribution >= 4 is 39.2 Å². The highest BCUT2D eigenvalue weighted by Gasteiger charge is 2.30. The second kappa shape index (κ2) is 9.40. The Labute approximate surface area is 191 Å². The Morgan fingerprint density at radius 2 is 1.71 bits per heavy atom. The topological polar surface area (TPSA) is 38.8 Å². The molecule has 31 heavy (non-hydrogen) atoms. The van der Waals surface area contributed by atoms with Crippen LogP contribution in [-0.4, -0.2) is 19.1 Å². The lowest BCUT2D eigenvalue weighted by atomic mass is 10.0. The normalized spacial score (nSPS) is 14.1. The van der Waals surface area contributed by atoms with Gasteiger partial charge in [0.1, 0.15) is 6.61 Å². The van der Waals surface area contributed by atoms with Crippen molar-refractivity contribution in [3.63, 3.8) is 0 Å². The van der Waals surface area contributed by atoms with E-state index >= 15 is 0 Å². The highest BCUT2D eigenvalue weighted by molar-refractivity contribution is 9.10. The zero-order valence-corrected chi connectivity index (χ0v) is 19.2. The van der Waals surface area contributed by atoms with Gasteiger partial charge in [-0.05, 0) is 65.2 Å². The zero-order chi connectivity index (χ0) is 21.8. The fourth-order valence-electron chi connectivity index (χ4n) is 3.73. The third-order valence-electron chi connectivity index (χ3n) is 5.15. The smallest absolute Gasteiger partial charge is 0.258 e. The minimum atomic E-state index is 0.0159. The van der Waals surface area contributed by atoms with Gasteiger partial charge in [-0.2, -0.15) is 0 Å². The standard InChI is InChI=1S/C26H24BrNO3/c1-3-28-23-13-9-8-12-20(23)21(26(28)29)14-19-15-22(27)25(24(16-19)30-4-2)31-17-18-10-6-5-7-11-18/h5-16H,3-4,17H2,1-2H3/b21-14-. The van der Waals surface area contributed by atoms with E-state index in [1.54, 1.807) is 4.90 Å². The number of hydrogen-bond acceptors (Lipinski definition) is 3. The molecule has 0 spiro atoms. The molecule has 0 bridgehead atoms. The molecule has 3 aromatic rings. The molecule has 0 N–H and O–H groups in total. The maximum atomic E-state index is 13.0. The molecule has 0 fully saturated rings. The van der Waals surface area contributed by atoms with Gasteiger partial charge in [0, 0.05) is 17.7 Å². The summed E-state index contributed by atoms with van der Waals surface area (Å²) in [5.74, 6) is 1.31. The van der Waals surface area contributed by atoms with Gasteiger partial charge in [0.05, 0.1) is 16.8 Å². The highest BCUT2D eigenvalue weighted by Crippen LogP contribution is 2.41. The summed E-state index contributed by atoms with van der Waals surface area (Å²) in [6.07, 6.45) is 1.92. The summed E-state index contributed by atoms with van der Waals surface area (Å²) in [6.45, 7) is 5.51. The second-order valence-corrected chi connectivity index (χ2v) is 8.02. The van der Waals surface area contributed by atoms with E-state index in [4.69, 9.17) is 9.47 Å². The van der Waals surface area contributed by atoms with Gasteiger partial charge in [0.2, 0.25) is 0 Å². The van der Waals surface area contributed by atoms with Gasteiger partial charge in [-0.3, -0.25) is 4.79 Å². The lowest BCUT2D eigenvalue weighted by Crippen LogP contribution is -2.25. The molecular weight excluding hydrogens is 454 g/mol. The number of ether oxygens (including phenoxy) is 2. The molecule has 0 saturated heterocycles. The number of carbonyl (C=O) groups excluding carboxylic acids is 1. The Kier molecular flexibility index (Phi) is 6.42. The van der Waals surface area contributed by atoms with Gasteiger partial charge in [0.15, 0.2) is 11.5 Å². The number of nitrogens with zero attached hydrogens (tertiary/aromatic N) is 1. The third kappa shape index (κ3) is 4.37. The summed E-state index contributed by atoms with van der Waals surface area (Å²) in [4.78, 5) is 14.8. The number of benzene rings is 3. The molecule has 0 aliphatic carbocycles. The maximum Gasteiger partial charge on any atom is 0.258 e. The molecule has 1 amide bonds. The van der Waals surface area contributed by atoms with Gasteiger partial charge in [0.25, 0.3) is 5.91 Å². The Morgan fingerprint density at radius 3 is 2.45 bits per heavy atom. The number of anilines is 1. The molecule has 5 heteroatoms. The minimum absolute atomic E-state index is 0.0159. The first-order chi connectivity index (χ1) is 15.1. The maximum absolute atomic E-state index is 13.0. The highest BCUT2D eigenvalue weighted by atomic mass is 79.9. The van der Waals surface area contributed by atoms with Crippen LogP contribution in [0.4, 0.5) is 5.69 Å². The van der Waals surface area contributed by atoms with Gasteiger partial charge in [-0.1, -0.05) is 48.5 Å². The molecule has 0 atom stereocenters. The van der Waals surface area contributed by atoms with Crippen LogP contribution in [0.25, 0.3) is 11.6 Å². The molecule has 1 aliphatic rings. The fraction of sp³-hybridized carbons (Fsp3) is 0.192. The van der Waals surface area contributed by atoms with Crippen LogP contribution in [0.2, 0.25) is 0 Å².